The van der Waals surface area contributed by atoms with Crippen molar-refractivity contribution in [2.24, 2.45) is 0 Å². The number of para-hydroxylation sites is 1. The van der Waals surface area contributed by atoms with Crippen LogP contribution in [0.4, 0.5) is 17.1 Å². The molecule has 0 amide bonds. The fourth-order valence-electron chi connectivity index (χ4n) is 6.82. The maximum absolute atomic E-state index is 13.0. The molecule has 0 aliphatic heterocycles. The van der Waals surface area contributed by atoms with Gasteiger partial charge in [0.2, 0.25) is 0 Å². The van der Waals surface area contributed by atoms with Crippen molar-refractivity contribution in [3.8, 4) is 0 Å². The maximum Gasteiger partial charge on any atom is 0.197 e. The Labute approximate surface area is 256 Å². The van der Waals surface area contributed by atoms with Gasteiger partial charge in [-0.25, -0.2) is 0 Å². The van der Waals surface area contributed by atoms with Crippen LogP contribution >= 0.6 is 0 Å². The average Bonchev–Trinajstić information content (AvgIpc) is 3.30. The number of fused-ring (bicyclic) bond motifs is 5. The average molecular weight is 568 g/mol. The van der Waals surface area contributed by atoms with Crippen molar-refractivity contribution in [2.75, 3.05) is 4.90 Å². The Hall–Kier alpha value is -5.54. The molecule has 8 rings (SSSR count). The molecule has 0 radical (unpaired) electrons. The molecule has 210 valence electrons. The Morgan fingerprint density at radius 1 is 0.659 bits per heavy atom. The van der Waals surface area contributed by atoms with Crippen molar-refractivity contribution in [1.82, 2.24) is 0 Å². The Balaban J connectivity index is 1.26. The lowest BCUT2D eigenvalue weighted by Crippen LogP contribution is -2.15. The second-order valence-electron chi connectivity index (χ2n) is 11.7. The zero-order valence-electron chi connectivity index (χ0n) is 24.3. The summed E-state index contributed by atoms with van der Waals surface area (Å²) in [5.74, 6) is -0.0336. The van der Waals surface area contributed by atoms with Crippen LogP contribution < -0.4 is 4.90 Å². The van der Waals surface area contributed by atoms with Gasteiger partial charge in [0.05, 0.1) is 11.3 Å². The van der Waals surface area contributed by atoms with Gasteiger partial charge >= 0.3 is 0 Å². The highest BCUT2D eigenvalue weighted by Crippen LogP contribution is 2.46. The SMILES string of the molecule is CC1CC=Cc2c1c(N(c1ccccc1)c1ccc3cc(C=C4C(=O)c5ccccc5C4=O)ccc3c1)cc1ccccc21. The summed E-state index contributed by atoms with van der Waals surface area (Å²) in [4.78, 5) is 28.3. The number of rotatable bonds is 4. The third-order valence-corrected chi connectivity index (χ3v) is 8.95. The number of ketones is 2. The molecule has 2 aliphatic rings. The molecule has 1 unspecified atom stereocenters. The number of allylic oxidation sites excluding steroid dienone is 2. The Morgan fingerprint density at radius 3 is 2.14 bits per heavy atom. The number of carbonyl (C=O) groups excluding carboxylic acids is 2. The van der Waals surface area contributed by atoms with Gasteiger partial charge < -0.3 is 4.90 Å². The van der Waals surface area contributed by atoms with E-state index in [4.69, 9.17) is 0 Å². The lowest BCUT2D eigenvalue weighted by Gasteiger charge is -2.32. The predicted octanol–water partition coefficient (Wildman–Crippen LogP) is 10.4. The fraction of sp³-hybridized carbons (Fsp3) is 0.0732. The van der Waals surface area contributed by atoms with Crippen molar-refractivity contribution in [3.05, 3.63) is 161 Å². The van der Waals surface area contributed by atoms with Crippen LogP contribution in [0.3, 0.4) is 0 Å². The Bertz CT molecular complexity index is 2170. The van der Waals surface area contributed by atoms with Crippen molar-refractivity contribution in [1.29, 1.82) is 0 Å². The number of anilines is 3. The Morgan fingerprint density at radius 2 is 1.34 bits per heavy atom. The third kappa shape index (κ3) is 4.20. The maximum atomic E-state index is 13.0. The topological polar surface area (TPSA) is 37.4 Å². The molecule has 0 spiro atoms. The van der Waals surface area contributed by atoms with Gasteiger partial charge in [-0.05, 0) is 93.0 Å². The van der Waals surface area contributed by atoms with E-state index in [1.807, 2.05) is 12.1 Å². The predicted molar refractivity (Wildman–Crippen MR) is 181 cm³/mol. The minimum Gasteiger partial charge on any atom is -0.310 e. The summed E-state index contributed by atoms with van der Waals surface area (Å²) in [5, 5.41) is 4.63. The molecule has 6 aromatic carbocycles. The van der Waals surface area contributed by atoms with Gasteiger partial charge in [0, 0.05) is 22.5 Å². The van der Waals surface area contributed by atoms with Crippen LogP contribution in [-0.4, -0.2) is 11.6 Å². The first kappa shape index (κ1) is 26.1. The van der Waals surface area contributed by atoms with Gasteiger partial charge in [-0.2, -0.15) is 0 Å². The number of carbonyl (C=O) groups is 2. The van der Waals surface area contributed by atoms with Crippen molar-refractivity contribution in [2.45, 2.75) is 19.3 Å². The molecule has 0 bridgehead atoms. The summed E-state index contributed by atoms with van der Waals surface area (Å²) >= 11 is 0. The molecule has 2 aliphatic carbocycles. The van der Waals surface area contributed by atoms with Crippen LogP contribution in [0.2, 0.25) is 0 Å². The summed E-state index contributed by atoms with van der Waals surface area (Å²) in [6, 6.07) is 41.2. The molecule has 0 heterocycles. The van der Waals surface area contributed by atoms with E-state index < -0.39 is 0 Å². The van der Waals surface area contributed by atoms with Crippen LogP contribution in [0.15, 0.2) is 133 Å². The summed E-state index contributed by atoms with van der Waals surface area (Å²) in [5.41, 5.74) is 8.06. The molecule has 0 fully saturated rings. The number of hydrogen-bond donors (Lipinski definition) is 0. The standard InChI is InChI=1S/C41H29NO2/c1-26-10-9-17-34-33-14-6-5-11-30(33)25-38(39(26)34)42(31-12-3-2-4-13-31)32-21-20-28-22-27(18-19-29(28)24-32)23-37-40(43)35-15-7-8-16-36(35)41(37)44/h2-9,11-26H,10H2,1H3. The molecule has 1 atom stereocenters. The fourth-order valence-corrected chi connectivity index (χ4v) is 6.82. The van der Waals surface area contributed by atoms with Gasteiger partial charge in [-0.15, -0.1) is 0 Å². The molecule has 3 heteroatoms. The zero-order chi connectivity index (χ0) is 29.8. The highest BCUT2D eigenvalue weighted by Gasteiger charge is 2.32. The van der Waals surface area contributed by atoms with E-state index >= 15 is 0 Å². The summed E-state index contributed by atoms with van der Waals surface area (Å²) < 4.78 is 0. The molecule has 3 nitrogen and oxygen atoms in total. The van der Waals surface area contributed by atoms with Gasteiger partial charge in [0.25, 0.3) is 0 Å². The van der Waals surface area contributed by atoms with E-state index in [2.05, 4.69) is 109 Å². The van der Waals surface area contributed by atoms with Crippen molar-refractivity contribution in [3.63, 3.8) is 0 Å². The number of Topliss-reactive ketones (excluding diaryl/α,β-unsaturated/α-hetero) is 2. The normalized spacial score (nSPS) is 15.5. The minimum atomic E-state index is -0.206. The first-order chi connectivity index (χ1) is 21.6. The van der Waals surface area contributed by atoms with E-state index in [-0.39, 0.29) is 17.1 Å². The first-order valence-corrected chi connectivity index (χ1v) is 15.1. The summed E-state index contributed by atoms with van der Waals surface area (Å²) in [7, 11) is 0. The monoisotopic (exact) mass is 567 g/mol. The van der Waals surface area contributed by atoms with Crippen LogP contribution in [-0.2, 0) is 0 Å². The number of benzene rings is 6. The molecular formula is C41H29NO2. The third-order valence-electron chi connectivity index (χ3n) is 8.95. The van der Waals surface area contributed by atoms with Crippen LogP contribution in [0, 0.1) is 0 Å². The van der Waals surface area contributed by atoms with E-state index in [9.17, 15) is 9.59 Å². The lowest BCUT2D eigenvalue weighted by molar-refractivity contribution is 0.0990. The molecule has 6 aromatic rings. The second kappa shape index (κ2) is 10.3. The lowest BCUT2D eigenvalue weighted by atomic mass is 9.83. The summed E-state index contributed by atoms with van der Waals surface area (Å²) in [6.45, 7) is 2.32. The summed E-state index contributed by atoms with van der Waals surface area (Å²) in [6.07, 6.45) is 7.32. The Kier molecular flexibility index (Phi) is 6.13. The molecular weight excluding hydrogens is 538 g/mol. The molecule has 0 N–H and O–H groups in total. The number of hydrogen-bond acceptors (Lipinski definition) is 3. The molecule has 0 saturated heterocycles. The first-order valence-electron chi connectivity index (χ1n) is 15.1. The van der Waals surface area contributed by atoms with Crippen molar-refractivity contribution >= 4 is 62.3 Å². The molecule has 0 saturated carbocycles. The van der Waals surface area contributed by atoms with E-state index in [1.165, 1.54) is 27.6 Å². The van der Waals surface area contributed by atoms with E-state index in [1.54, 1.807) is 30.3 Å². The van der Waals surface area contributed by atoms with E-state index in [0.717, 1.165) is 34.1 Å². The van der Waals surface area contributed by atoms with Crippen LogP contribution in [0.5, 0.6) is 0 Å². The van der Waals surface area contributed by atoms with Gasteiger partial charge in [0.1, 0.15) is 0 Å². The van der Waals surface area contributed by atoms with Crippen molar-refractivity contribution < 1.29 is 9.59 Å². The van der Waals surface area contributed by atoms with Gasteiger partial charge in [-0.1, -0.05) is 104 Å². The van der Waals surface area contributed by atoms with Crippen LogP contribution in [0.1, 0.15) is 56.7 Å². The quantitative estimate of drug-likeness (QED) is 0.157. The van der Waals surface area contributed by atoms with Gasteiger partial charge in [0.15, 0.2) is 11.6 Å². The van der Waals surface area contributed by atoms with Gasteiger partial charge in [-0.3, -0.25) is 9.59 Å². The highest BCUT2D eigenvalue weighted by molar-refractivity contribution is 6.41. The minimum absolute atomic E-state index is 0.206. The molecule has 44 heavy (non-hydrogen) atoms. The molecule has 0 aromatic heterocycles. The van der Waals surface area contributed by atoms with E-state index in [0.29, 0.717) is 17.0 Å². The number of nitrogens with zero attached hydrogens (tertiary/aromatic N) is 1. The smallest absolute Gasteiger partial charge is 0.197 e. The largest absolute Gasteiger partial charge is 0.310 e. The zero-order valence-corrected chi connectivity index (χ0v) is 24.3. The highest BCUT2D eigenvalue weighted by atomic mass is 16.2. The second-order valence-corrected chi connectivity index (χ2v) is 11.7. The van der Waals surface area contributed by atoms with Crippen LogP contribution in [0.25, 0.3) is 33.7 Å².